The fourth-order valence-electron chi connectivity index (χ4n) is 3.49. The molecule has 1 aliphatic rings. The average molecular weight is 354 g/mol. The van der Waals surface area contributed by atoms with Crippen molar-refractivity contribution in [1.82, 2.24) is 9.88 Å². The monoisotopic (exact) mass is 354 g/mol. The van der Waals surface area contributed by atoms with Crippen LogP contribution in [0.5, 0.6) is 5.75 Å². The molecule has 0 amide bonds. The molecule has 2 aromatic rings. The number of pyridine rings is 1. The first-order valence-corrected chi connectivity index (χ1v) is 9.24. The Labute approximate surface area is 154 Å². The van der Waals surface area contributed by atoms with Crippen molar-refractivity contribution >= 4 is 5.97 Å². The molecule has 138 valence electrons. The van der Waals surface area contributed by atoms with Crippen LogP contribution in [0.4, 0.5) is 0 Å². The van der Waals surface area contributed by atoms with Crippen LogP contribution in [0.2, 0.25) is 0 Å². The number of benzene rings is 1. The van der Waals surface area contributed by atoms with Crippen molar-refractivity contribution in [2.75, 3.05) is 13.1 Å². The van der Waals surface area contributed by atoms with Gasteiger partial charge in [-0.3, -0.25) is 14.7 Å². The minimum absolute atomic E-state index is 0.267. The van der Waals surface area contributed by atoms with Gasteiger partial charge in [0.2, 0.25) is 0 Å². The molecule has 0 bridgehead atoms. The van der Waals surface area contributed by atoms with Crippen LogP contribution in [-0.2, 0) is 17.9 Å². The van der Waals surface area contributed by atoms with E-state index in [1.165, 1.54) is 0 Å². The van der Waals surface area contributed by atoms with E-state index in [1.54, 1.807) is 6.20 Å². The predicted molar refractivity (Wildman–Crippen MR) is 99.9 cm³/mol. The molecule has 1 aromatic heterocycles. The van der Waals surface area contributed by atoms with Crippen molar-refractivity contribution in [1.29, 1.82) is 0 Å². The van der Waals surface area contributed by atoms with Crippen LogP contribution in [0, 0.1) is 5.92 Å². The zero-order valence-electron chi connectivity index (χ0n) is 15.0. The van der Waals surface area contributed by atoms with Gasteiger partial charge in [0.25, 0.3) is 0 Å². The lowest BCUT2D eigenvalue weighted by Gasteiger charge is -2.32. The molecule has 0 saturated carbocycles. The van der Waals surface area contributed by atoms with Crippen LogP contribution in [0.25, 0.3) is 0 Å². The van der Waals surface area contributed by atoms with Gasteiger partial charge >= 0.3 is 5.97 Å². The van der Waals surface area contributed by atoms with Crippen molar-refractivity contribution in [2.24, 2.45) is 5.92 Å². The standard InChI is InChI=1S/C21H26N2O3/c24-21(25)9-8-17-7-4-10-23(14-17)15-19-11-20(13-22-12-19)26-16-18-5-2-1-3-6-18/h1-3,5-6,11-13,17H,4,7-10,14-16H2,(H,24,25). The smallest absolute Gasteiger partial charge is 0.303 e. The first-order valence-electron chi connectivity index (χ1n) is 9.24. The maximum atomic E-state index is 10.8. The Morgan fingerprint density at radius 2 is 2.08 bits per heavy atom. The second-order valence-corrected chi connectivity index (χ2v) is 6.98. The van der Waals surface area contributed by atoms with E-state index < -0.39 is 5.97 Å². The Bertz CT molecular complexity index is 705. The van der Waals surface area contributed by atoms with Gasteiger partial charge in [-0.2, -0.15) is 0 Å². The summed E-state index contributed by atoms with van der Waals surface area (Å²) in [5, 5.41) is 8.87. The summed E-state index contributed by atoms with van der Waals surface area (Å²) in [6.45, 7) is 3.38. The fourth-order valence-corrected chi connectivity index (χ4v) is 3.49. The molecular weight excluding hydrogens is 328 g/mol. The van der Waals surface area contributed by atoms with E-state index in [1.807, 2.05) is 36.5 Å². The Morgan fingerprint density at radius 1 is 1.23 bits per heavy atom. The van der Waals surface area contributed by atoms with Crippen LogP contribution in [-0.4, -0.2) is 34.0 Å². The Kier molecular flexibility index (Phi) is 6.61. The highest BCUT2D eigenvalue weighted by atomic mass is 16.5. The maximum Gasteiger partial charge on any atom is 0.303 e. The lowest BCUT2D eigenvalue weighted by Crippen LogP contribution is -2.35. The second kappa shape index (κ2) is 9.34. The minimum atomic E-state index is -0.699. The molecule has 1 fully saturated rings. The van der Waals surface area contributed by atoms with Gasteiger partial charge < -0.3 is 9.84 Å². The number of hydrogen-bond donors (Lipinski definition) is 1. The molecule has 1 aromatic carbocycles. The van der Waals surface area contributed by atoms with E-state index >= 15 is 0 Å². The summed E-state index contributed by atoms with van der Waals surface area (Å²) < 4.78 is 5.86. The zero-order chi connectivity index (χ0) is 18.2. The maximum absolute atomic E-state index is 10.8. The predicted octanol–water partition coefficient (Wildman–Crippen LogP) is 3.74. The summed E-state index contributed by atoms with van der Waals surface area (Å²) in [5.74, 6) is 0.561. The molecule has 0 radical (unpaired) electrons. The molecular formula is C21H26N2O3. The van der Waals surface area contributed by atoms with E-state index in [0.717, 1.165) is 55.8 Å². The number of piperidine rings is 1. The summed E-state index contributed by atoms with van der Waals surface area (Å²) in [4.78, 5) is 17.5. The van der Waals surface area contributed by atoms with Gasteiger partial charge in [-0.05, 0) is 48.9 Å². The van der Waals surface area contributed by atoms with Gasteiger partial charge in [-0.25, -0.2) is 0 Å². The number of hydrogen-bond acceptors (Lipinski definition) is 4. The molecule has 3 rings (SSSR count). The van der Waals surface area contributed by atoms with Crippen molar-refractivity contribution in [3.05, 3.63) is 59.9 Å². The number of nitrogens with zero attached hydrogens (tertiary/aromatic N) is 2. The van der Waals surface area contributed by atoms with Crippen molar-refractivity contribution in [3.8, 4) is 5.75 Å². The average Bonchev–Trinajstić information content (AvgIpc) is 2.66. The highest BCUT2D eigenvalue weighted by molar-refractivity contribution is 5.66. The molecule has 1 atom stereocenters. The summed E-state index contributed by atoms with van der Waals surface area (Å²) in [6, 6.07) is 12.1. The molecule has 5 heteroatoms. The van der Waals surface area contributed by atoms with Gasteiger partial charge in [0, 0.05) is 25.7 Å². The van der Waals surface area contributed by atoms with Crippen molar-refractivity contribution < 1.29 is 14.6 Å². The molecule has 1 saturated heterocycles. The topological polar surface area (TPSA) is 62.7 Å². The van der Waals surface area contributed by atoms with E-state index in [2.05, 4.69) is 16.0 Å². The molecule has 2 heterocycles. The largest absolute Gasteiger partial charge is 0.487 e. The number of aliphatic carboxylic acids is 1. The summed E-state index contributed by atoms with van der Waals surface area (Å²) in [5.41, 5.74) is 2.27. The number of ether oxygens (including phenoxy) is 1. The number of carboxylic acids is 1. The molecule has 26 heavy (non-hydrogen) atoms. The van der Waals surface area contributed by atoms with E-state index in [4.69, 9.17) is 9.84 Å². The molecule has 0 aliphatic carbocycles. The minimum Gasteiger partial charge on any atom is -0.487 e. The lowest BCUT2D eigenvalue weighted by atomic mass is 9.93. The molecule has 5 nitrogen and oxygen atoms in total. The van der Waals surface area contributed by atoms with Crippen LogP contribution >= 0.6 is 0 Å². The molecule has 0 spiro atoms. The van der Waals surface area contributed by atoms with Gasteiger partial charge in [0.1, 0.15) is 12.4 Å². The summed E-state index contributed by atoms with van der Waals surface area (Å²) in [7, 11) is 0. The molecule has 1 unspecified atom stereocenters. The highest BCUT2D eigenvalue weighted by Crippen LogP contribution is 2.23. The summed E-state index contributed by atoms with van der Waals surface area (Å²) in [6.07, 6.45) is 6.92. The van der Waals surface area contributed by atoms with E-state index in [-0.39, 0.29) is 6.42 Å². The number of aromatic nitrogens is 1. The Balaban J connectivity index is 1.52. The van der Waals surface area contributed by atoms with Crippen LogP contribution in [0.1, 0.15) is 36.8 Å². The third kappa shape index (κ3) is 5.85. The number of likely N-dealkylation sites (tertiary alicyclic amines) is 1. The third-order valence-corrected chi connectivity index (χ3v) is 4.79. The third-order valence-electron chi connectivity index (χ3n) is 4.79. The van der Waals surface area contributed by atoms with Crippen molar-refractivity contribution in [2.45, 2.75) is 38.8 Å². The van der Waals surface area contributed by atoms with Crippen molar-refractivity contribution in [3.63, 3.8) is 0 Å². The van der Waals surface area contributed by atoms with Gasteiger partial charge in [0.15, 0.2) is 0 Å². The fraction of sp³-hybridized carbons (Fsp3) is 0.429. The molecule has 1 N–H and O–H groups in total. The Morgan fingerprint density at radius 3 is 2.88 bits per heavy atom. The van der Waals surface area contributed by atoms with Crippen LogP contribution < -0.4 is 4.74 Å². The first kappa shape index (κ1) is 18.4. The van der Waals surface area contributed by atoms with Gasteiger partial charge in [0.05, 0.1) is 6.20 Å². The number of carboxylic acid groups (broad SMARTS) is 1. The Hall–Kier alpha value is -2.40. The SMILES string of the molecule is O=C(O)CCC1CCCN(Cc2cncc(OCc3ccccc3)c2)C1. The van der Waals surface area contributed by atoms with Gasteiger partial charge in [-0.1, -0.05) is 30.3 Å². The van der Waals surface area contributed by atoms with Crippen LogP contribution in [0.15, 0.2) is 48.8 Å². The van der Waals surface area contributed by atoms with Crippen LogP contribution in [0.3, 0.4) is 0 Å². The quantitative estimate of drug-likeness (QED) is 0.782. The number of rotatable bonds is 8. The van der Waals surface area contributed by atoms with E-state index in [9.17, 15) is 4.79 Å². The number of carbonyl (C=O) groups is 1. The van der Waals surface area contributed by atoms with E-state index in [0.29, 0.717) is 12.5 Å². The lowest BCUT2D eigenvalue weighted by molar-refractivity contribution is -0.137. The summed E-state index contributed by atoms with van der Waals surface area (Å²) >= 11 is 0. The first-order chi connectivity index (χ1) is 12.7. The van der Waals surface area contributed by atoms with Gasteiger partial charge in [-0.15, -0.1) is 0 Å². The normalized spacial score (nSPS) is 17.8. The second-order valence-electron chi connectivity index (χ2n) is 6.98. The molecule has 1 aliphatic heterocycles. The zero-order valence-corrected chi connectivity index (χ0v) is 15.0. The highest BCUT2D eigenvalue weighted by Gasteiger charge is 2.20.